The highest BCUT2D eigenvalue weighted by atomic mass is 16.6. The topological polar surface area (TPSA) is 78.9 Å². The zero-order valence-corrected chi connectivity index (χ0v) is 19.3. The minimum absolute atomic E-state index is 0.311. The van der Waals surface area contributed by atoms with E-state index >= 15 is 0 Å². The predicted octanol–water partition coefficient (Wildman–Crippen LogP) is 4.36. The van der Waals surface area contributed by atoms with Crippen LogP contribution in [0.15, 0.2) is 78.9 Å². The van der Waals surface area contributed by atoms with E-state index in [-0.39, 0.29) is 0 Å². The number of para-hydroxylation sites is 1. The first kappa shape index (κ1) is 23.2. The Labute approximate surface area is 198 Å². The molecule has 1 aliphatic carbocycles. The Balaban J connectivity index is 1.98. The third kappa shape index (κ3) is 3.85. The monoisotopic (exact) mass is 458 g/mol. The second kappa shape index (κ2) is 9.51. The van der Waals surface area contributed by atoms with Gasteiger partial charge in [0.2, 0.25) is 0 Å². The number of carbonyl (C=O) groups excluding carboxylic acids is 3. The van der Waals surface area contributed by atoms with Gasteiger partial charge < -0.3 is 14.2 Å². The van der Waals surface area contributed by atoms with Gasteiger partial charge in [-0.15, -0.1) is 0 Å². The van der Waals surface area contributed by atoms with E-state index in [4.69, 9.17) is 14.2 Å². The molecule has 0 fully saturated rings. The van der Waals surface area contributed by atoms with Gasteiger partial charge in [-0.25, -0.2) is 0 Å². The number of ether oxygens (including phenoxy) is 3. The van der Waals surface area contributed by atoms with Crippen LogP contribution in [0.2, 0.25) is 0 Å². The van der Waals surface area contributed by atoms with Crippen molar-refractivity contribution in [2.24, 2.45) is 5.41 Å². The molecule has 0 heterocycles. The van der Waals surface area contributed by atoms with Crippen molar-refractivity contribution >= 4 is 17.9 Å². The first-order valence-corrected chi connectivity index (χ1v) is 11.0. The largest absolute Gasteiger partial charge is 0.468 e. The van der Waals surface area contributed by atoms with Crippen LogP contribution in [0.3, 0.4) is 0 Å². The number of rotatable bonds is 5. The summed E-state index contributed by atoms with van der Waals surface area (Å²) in [6.07, 6.45) is 0.346. The van der Waals surface area contributed by atoms with E-state index in [2.05, 4.69) is 0 Å². The van der Waals surface area contributed by atoms with E-state index in [1.807, 2.05) is 43.3 Å². The van der Waals surface area contributed by atoms with Crippen LogP contribution in [0, 0.1) is 12.3 Å². The average Bonchev–Trinajstić information content (AvgIpc) is 2.87. The first-order valence-electron chi connectivity index (χ1n) is 11.0. The SMILES string of the molecule is COC(=O)C1(C(=O)OC)[C@@H](c2ccc(C)cc2)Cc2ccccc2[C@@H]1C(=O)Oc1ccccc1. The van der Waals surface area contributed by atoms with Crippen LogP contribution >= 0.6 is 0 Å². The Hall–Kier alpha value is -3.93. The van der Waals surface area contributed by atoms with Crippen LogP contribution in [0.1, 0.15) is 34.1 Å². The van der Waals surface area contributed by atoms with E-state index in [0.29, 0.717) is 17.7 Å². The lowest BCUT2D eigenvalue weighted by molar-refractivity contribution is -0.178. The van der Waals surface area contributed by atoms with Gasteiger partial charge in [0, 0.05) is 5.92 Å². The Kier molecular flexibility index (Phi) is 6.50. The molecule has 0 radical (unpaired) electrons. The fraction of sp³-hybridized carbons (Fsp3) is 0.250. The Morgan fingerprint density at radius 3 is 2.00 bits per heavy atom. The maximum atomic E-state index is 13.8. The Morgan fingerprint density at radius 2 is 1.38 bits per heavy atom. The number of aryl methyl sites for hydroxylation is 1. The van der Waals surface area contributed by atoms with Gasteiger partial charge in [-0.05, 0) is 42.2 Å². The Morgan fingerprint density at radius 1 is 0.794 bits per heavy atom. The molecule has 0 aliphatic heterocycles. The molecule has 3 aromatic rings. The van der Waals surface area contributed by atoms with Crippen molar-refractivity contribution in [1.82, 2.24) is 0 Å². The number of methoxy groups -OCH3 is 2. The van der Waals surface area contributed by atoms with Gasteiger partial charge in [0.05, 0.1) is 14.2 Å². The number of benzene rings is 3. The van der Waals surface area contributed by atoms with E-state index in [1.165, 1.54) is 14.2 Å². The molecule has 0 unspecified atom stereocenters. The van der Waals surface area contributed by atoms with Gasteiger partial charge in [0.1, 0.15) is 11.7 Å². The number of hydrogen-bond acceptors (Lipinski definition) is 6. The fourth-order valence-electron chi connectivity index (χ4n) is 4.93. The molecule has 0 aromatic heterocycles. The quantitative estimate of drug-likeness (QED) is 0.321. The number of hydrogen-bond donors (Lipinski definition) is 0. The highest BCUT2D eigenvalue weighted by Gasteiger charge is 2.65. The van der Waals surface area contributed by atoms with Crippen molar-refractivity contribution in [3.8, 4) is 5.75 Å². The molecular formula is C28H26O6. The summed E-state index contributed by atoms with van der Waals surface area (Å²) < 4.78 is 16.1. The minimum atomic E-state index is -1.97. The molecule has 3 aromatic carbocycles. The van der Waals surface area contributed by atoms with Crippen LogP contribution < -0.4 is 4.74 Å². The lowest BCUT2D eigenvalue weighted by Crippen LogP contribution is -2.56. The van der Waals surface area contributed by atoms with Crippen LogP contribution in [-0.4, -0.2) is 32.1 Å². The second-order valence-corrected chi connectivity index (χ2v) is 8.39. The molecule has 174 valence electrons. The fourth-order valence-corrected chi connectivity index (χ4v) is 4.93. The van der Waals surface area contributed by atoms with Crippen LogP contribution in [0.5, 0.6) is 5.75 Å². The third-order valence-corrected chi connectivity index (χ3v) is 6.52. The van der Waals surface area contributed by atoms with E-state index in [0.717, 1.165) is 16.7 Å². The smallest absolute Gasteiger partial charge is 0.325 e. The van der Waals surface area contributed by atoms with Crippen molar-refractivity contribution < 1.29 is 28.6 Å². The predicted molar refractivity (Wildman–Crippen MR) is 125 cm³/mol. The molecule has 0 saturated heterocycles. The zero-order valence-electron chi connectivity index (χ0n) is 19.3. The molecule has 0 saturated carbocycles. The van der Waals surface area contributed by atoms with Gasteiger partial charge in [-0.2, -0.15) is 0 Å². The molecule has 4 rings (SSSR count). The summed E-state index contributed by atoms with van der Waals surface area (Å²) in [5.74, 6) is -4.08. The molecule has 0 spiro atoms. The molecule has 0 bridgehead atoms. The zero-order chi connectivity index (χ0) is 24.3. The molecule has 2 atom stereocenters. The average molecular weight is 459 g/mol. The number of esters is 3. The summed E-state index contributed by atoms with van der Waals surface area (Å²) in [4.78, 5) is 41.0. The Bertz CT molecular complexity index is 1180. The maximum absolute atomic E-state index is 13.8. The lowest BCUT2D eigenvalue weighted by atomic mass is 9.56. The van der Waals surface area contributed by atoms with Crippen LogP contribution in [-0.2, 0) is 30.3 Å². The highest BCUT2D eigenvalue weighted by molar-refractivity contribution is 6.08. The van der Waals surface area contributed by atoms with Crippen molar-refractivity contribution in [2.45, 2.75) is 25.2 Å². The van der Waals surface area contributed by atoms with E-state index in [9.17, 15) is 14.4 Å². The van der Waals surface area contributed by atoms with Crippen LogP contribution in [0.25, 0.3) is 0 Å². The maximum Gasteiger partial charge on any atom is 0.325 e. The van der Waals surface area contributed by atoms with Crippen molar-refractivity contribution in [3.05, 3.63) is 101 Å². The molecule has 6 nitrogen and oxygen atoms in total. The molecule has 34 heavy (non-hydrogen) atoms. The van der Waals surface area contributed by atoms with Gasteiger partial charge in [0.25, 0.3) is 0 Å². The van der Waals surface area contributed by atoms with E-state index in [1.54, 1.807) is 42.5 Å². The summed E-state index contributed by atoms with van der Waals surface area (Å²) in [6, 6.07) is 23.4. The minimum Gasteiger partial charge on any atom is -0.468 e. The van der Waals surface area contributed by atoms with Crippen molar-refractivity contribution in [1.29, 1.82) is 0 Å². The summed E-state index contributed by atoms with van der Waals surface area (Å²) >= 11 is 0. The van der Waals surface area contributed by atoms with Gasteiger partial charge >= 0.3 is 17.9 Å². The summed E-state index contributed by atoms with van der Waals surface area (Å²) in [5, 5.41) is 0. The van der Waals surface area contributed by atoms with Gasteiger partial charge in [-0.3, -0.25) is 14.4 Å². The normalized spacial score (nSPS) is 18.3. The number of carbonyl (C=O) groups is 3. The summed E-state index contributed by atoms with van der Waals surface area (Å²) in [5.41, 5.74) is 1.18. The third-order valence-electron chi connectivity index (χ3n) is 6.52. The van der Waals surface area contributed by atoms with Crippen LogP contribution in [0.4, 0.5) is 0 Å². The van der Waals surface area contributed by atoms with E-state index < -0.39 is 35.2 Å². The van der Waals surface area contributed by atoms with Crippen molar-refractivity contribution in [3.63, 3.8) is 0 Å². The second-order valence-electron chi connectivity index (χ2n) is 8.39. The molecule has 6 heteroatoms. The van der Waals surface area contributed by atoms with Gasteiger partial charge in [-0.1, -0.05) is 72.3 Å². The molecule has 0 amide bonds. The lowest BCUT2D eigenvalue weighted by Gasteiger charge is -2.44. The number of fused-ring (bicyclic) bond motifs is 1. The van der Waals surface area contributed by atoms with Gasteiger partial charge in [0.15, 0.2) is 5.41 Å². The van der Waals surface area contributed by atoms with Crippen molar-refractivity contribution in [2.75, 3.05) is 14.2 Å². The highest BCUT2D eigenvalue weighted by Crippen LogP contribution is 2.55. The summed E-state index contributed by atoms with van der Waals surface area (Å²) in [7, 11) is 2.42. The molecular weight excluding hydrogens is 432 g/mol. The standard InChI is InChI=1S/C28H26O6/c1-18-13-15-19(16-14-18)23-17-20-9-7-8-12-22(20)24(25(29)34-21-10-5-4-6-11-21)28(23,26(30)32-2)27(31)33-3/h4-16,23-24H,17H2,1-3H3/t23-,24-/m1/s1. The summed E-state index contributed by atoms with van der Waals surface area (Å²) in [6.45, 7) is 1.95. The molecule has 1 aliphatic rings. The first-order chi connectivity index (χ1) is 16.4. The molecule has 0 N–H and O–H groups in total.